The molecule has 0 fully saturated rings. The van der Waals surface area contributed by atoms with E-state index in [0.717, 1.165) is 22.7 Å². The third kappa shape index (κ3) is 3.42. The van der Waals surface area contributed by atoms with Gasteiger partial charge in [-0.25, -0.2) is 15.0 Å². The van der Waals surface area contributed by atoms with E-state index in [1.807, 2.05) is 42.2 Å². The molecule has 0 amide bonds. The second-order valence-corrected chi connectivity index (χ2v) is 5.26. The lowest BCUT2D eigenvalue weighted by Gasteiger charge is -2.03. The van der Waals surface area contributed by atoms with Gasteiger partial charge in [0.15, 0.2) is 0 Å². The molecule has 1 aromatic carbocycles. The molecule has 0 aliphatic carbocycles. The summed E-state index contributed by atoms with van der Waals surface area (Å²) in [6.45, 7) is 2.70. The van der Waals surface area contributed by atoms with E-state index in [2.05, 4.69) is 37.7 Å². The lowest BCUT2D eigenvalue weighted by molar-refractivity contribution is 0.745. The summed E-state index contributed by atoms with van der Waals surface area (Å²) in [6.07, 6.45) is 9.47. The Balaban J connectivity index is 0.00000104. The van der Waals surface area contributed by atoms with Crippen molar-refractivity contribution in [2.45, 2.75) is 13.5 Å². The van der Waals surface area contributed by atoms with Gasteiger partial charge in [-0.1, -0.05) is 24.3 Å². The van der Waals surface area contributed by atoms with E-state index in [0.29, 0.717) is 6.54 Å². The number of pyridine rings is 1. The van der Waals surface area contributed by atoms with Gasteiger partial charge < -0.3 is 4.57 Å². The summed E-state index contributed by atoms with van der Waals surface area (Å²) in [5, 5.41) is 2.31. The number of nitrogens with zero attached hydrogens (tertiary/aromatic N) is 5. The van der Waals surface area contributed by atoms with E-state index in [1.54, 1.807) is 12.5 Å². The van der Waals surface area contributed by atoms with Crippen LogP contribution in [0, 0.1) is 6.92 Å². The Labute approximate surface area is 152 Å². The normalized spacial score (nSPS) is 10.2. The molecule has 5 nitrogen and oxygen atoms in total. The maximum absolute atomic E-state index is 4.51. The van der Waals surface area contributed by atoms with Crippen LogP contribution < -0.4 is 0 Å². The Morgan fingerprint density at radius 1 is 1.00 bits per heavy atom. The SMILES string of the molecule is Cc1nccn1Cc1cn(-c2cc3ccccc3cn2)cn1.Cl.Cl. The molecular weight excluding hydrogens is 345 g/mol. The lowest BCUT2D eigenvalue weighted by Crippen LogP contribution is -2.01. The van der Waals surface area contributed by atoms with Gasteiger partial charge in [-0.3, -0.25) is 4.57 Å². The van der Waals surface area contributed by atoms with Crippen LogP contribution in [-0.2, 0) is 6.54 Å². The van der Waals surface area contributed by atoms with Crippen molar-refractivity contribution in [3.05, 3.63) is 73.0 Å². The predicted molar refractivity (Wildman–Crippen MR) is 99.4 cm³/mol. The zero-order valence-corrected chi connectivity index (χ0v) is 14.7. The molecule has 3 aromatic heterocycles. The first kappa shape index (κ1) is 18.0. The van der Waals surface area contributed by atoms with E-state index >= 15 is 0 Å². The second-order valence-electron chi connectivity index (χ2n) is 5.26. The van der Waals surface area contributed by atoms with Gasteiger partial charge in [-0.05, 0) is 18.4 Å². The Morgan fingerprint density at radius 3 is 2.54 bits per heavy atom. The molecule has 0 saturated heterocycles. The fourth-order valence-electron chi connectivity index (χ4n) is 2.53. The highest BCUT2D eigenvalue weighted by molar-refractivity contribution is 5.85. The van der Waals surface area contributed by atoms with E-state index in [9.17, 15) is 0 Å². The molecule has 3 heterocycles. The molecule has 0 bridgehead atoms. The first-order valence-electron chi connectivity index (χ1n) is 7.15. The summed E-state index contributed by atoms with van der Waals surface area (Å²) in [6, 6.07) is 10.3. The largest absolute Gasteiger partial charge is 0.329 e. The Bertz CT molecular complexity index is 945. The molecule has 24 heavy (non-hydrogen) atoms. The number of hydrogen-bond acceptors (Lipinski definition) is 3. The van der Waals surface area contributed by atoms with Gasteiger partial charge in [-0.2, -0.15) is 0 Å². The van der Waals surface area contributed by atoms with Gasteiger partial charge in [0.2, 0.25) is 0 Å². The number of fused-ring (bicyclic) bond motifs is 1. The molecule has 0 N–H and O–H groups in total. The van der Waals surface area contributed by atoms with Crippen molar-refractivity contribution in [1.82, 2.24) is 24.1 Å². The van der Waals surface area contributed by atoms with Crippen LogP contribution in [0.4, 0.5) is 0 Å². The van der Waals surface area contributed by atoms with Crippen molar-refractivity contribution >= 4 is 35.6 Å². The molecule has 4 rings (SSSR count). The van der Waals surface area contributed by atoms with Crippen molar-refractivity contribution in [3.8, 4) is 5.82 Å². The highest BCUT2D eigenvalue weighted by Gasteiger charge is 2.05. The molecule has 0 spiro atoms. The lowest BCUT2D eigenvalue weighted by atomic mass is 10.2. The van der Waals surface area contributed by atoms with Crippen LogP contribution in [0.25, 0.3) is 16.6 Å². The molecule has 0 aliphatic rings. The quantitative estimate of drug-likeness (QED) is 0.557. The molecule has 0 atom stereocenters. The maximum Gasteiger partial charge on any atom is 0.138 e. The Hall–Kier alpha value is -2.37. The first-order valence-corrected chi connectivity index (χ1v) is 7.15. The average molecular weight is 362 g/mol. The minimum absolute atomic E-state index is 0. The number of rotatable bonds is 3. The van der Waals surface area contributed by atoms with Crippen LogP contribution in [0.2, 0.25) is 0 Å². The fraction of sp³-hybridized carbons (Fsp3) is 0.118. The fourth-order valence-corrected chi connectivity index (χ4v) is 2.53. The number of hydrogen-bond donors (Lipinski definition) is 0. The highest BCUT2D eigenvalue weighted by atomic mass is 35.5. The third-order valence-corrected chi connectivity index (χ3v) is 3.77. The Morgan fingerprint density at radius 2 is 1.79 bits per heavy atom. The molecule has 7 heteroatoms. The van der Waals surface area contributed by atoms with Crippen LogP contribution in [0.3, 0.4) is 0 Å². The second kappa shape index (κ2) is 7.47. The van der Waals surface area contributed by atoms with Gasteiger partial charge in [0.05, 0.1) is 12.2 Å². The van der Waals surface area contributed by atoms with Crippen LogP contribution in [-0.4, -0.2) is 24.1 Å². The van der Waals surface area contributed by atoms with Gasteiger partial charge in [0.25, 0.3) is 0 Å². The molecule has 0 saturated carbocycles. The summed E-state index contributed by atoms with van der Waals surface area (Å²) in [5.41, 5.74) is 0.982. The zero-order valence-electron chi connectivity index (χ0n) is 13.0. The van der Waals surface area contributed by atoms with Crippen LogP contribution >= 0.6 is 24.8 Å². The average Bonchev–Trinajstić information content (AvgIpc) is 3.17. The number of aryl methyl sites for hydroxylation is 1. The van der Waals surface area contributed by atoms with E-state index in [1.165, 1.54) is 5.39 Å². The van der Waals surface area contributed by atoms with Crippen molar-refractivity contribution in [1.29, 1.82) is 0 Å². The molecular formula is C17H17Cl2N5. The van der Waals surface area contributed by atoms with E-state index in [-0.39, 0.29) is 24.8 Å². The summed E-state index contributed by atoms with van der Waals surface area (Å²) in [5.74, 6) is 1.86. The van der Waals surface area contributed by atoms with Crippen LogP contribution in [0.15, 0.2) is 61.4 Å². The highest BCUT2D eigenvalue weighted by Crippen LogP contribution is 2.16. The third-order valence-electron chi connectivity index (χ3n) is 3.77. The first-order chi connectivity index (χ1) is 10.8. The summed E-state index contributed by atoms with van der Waals surface area (Å²) in [4.78, 5) is 13.2. The number of aromatic nitrogens is 5. The molecule has 4 aromatic rings. The van der Waals surface area contributed by atoms with Crippen molar-refractivity contribution in [2.75, 3.05) is 0 Å². The standard InChI is InChI=1S/C17H15N5.2ClH/c1-13-18-6-7-21(13)10-16-11-22(12-20-16)17-8-14-4-2-3-5-15(14)9-19-17;;/h2-9,11-12H,10H2,1H3;2*1H. The summed E-state index contributed by atoms with van der Waals surface area (Å²) in [7, 11) is 0. The monoisotopic (exact) mass is 361 g/mol. The van der Waals surface area contributed by atoms with Crippen molar-refractivity contribution < 1.29 is 0 Å². The number of benzene rings is 1. The predicted octanol–water partition coefficient (Wildman–Crippen LogP) is 3.82. The Kier molecular flexibility index (Phi) is 5.59. The van der Waals surface area contributed by atoms with Crippen molar-refractivity contribution in [3.63, 3.8) is 0 Å². The van der Waals surface area contributed by atoms with Gasteiger partial charge in [-0.15, -0.1) is 24.8 Å². The molecule has 0 radical (unpaired) electrons. The smallest absolute Gasteiger partial charge is 0.138 e. The van der Waals surface area contributed by atoms with Gasteiger partial charge >= 0.3 is 0 Å². The minimum atomic E-state index is 0. The minimum Gasteiger partial charge on any atom is -0.329 e. The van der Waals surface area contributed by atoms with Crippen molar-refractivity contribution in [2.24, 2.45) is 0 Å². The zero-order chi connectivity index (χ0) is 14.9. The van der Waals surface area contributed by atoms with E-state index in [4.69, 9.17) is 0 Å². The van der Waals surface area contributed by atoms with Gasteiger partial charge in [0, 0.05) is 30.2 Å². The molecule has 124 valence electrons. The molecule has 0 unspecified atom stereocenters. The summed E-state index contributed by atoms with van der Waals surface area (Å²) < 4.78 is 4.02. The number of halogens is 2. The van der Waals surface area contributed by atoms with Crippen LogP contribution in [0.1, 0.15) is 11.5 Å². The summed E-state index contributed by atoms with van der Waals surface area (Å²) >= 11 is 0. The maximum atomic E-state index is 4.51. The van der Waals surface area contributed by atoms with E-state index < -0.39 is 0 Å². The number of imidazole rings is 2. The topological polar surface area (TPSA) is 48.5 Å². The van der Waals surface area contributed by atoms with Gasteiger partial charge in [0.1, 0.15) is 18.0 Å². The molecule has 0 aliphatic heterocycles. The van der Waals surface area contributed by atoms with Crippen LogP contribution in [0.5, 0.6) is 0 Å².